The molecule has 0 heterocycles. The van der Waals surface area contributed by atoms with E-state index in [1.54, 1.807) is 6.08 Å². The van der Waals surface area contributed by atoms with Crippen LogP contribution in [0.1, 0.15) is 42.5 Å². The van der Waals surface area contributed by atoms with Crippen LogP contribution in [-0.4, -0.2) is 16.7 Å². The molecule has 3 nitrogen and oxygen atoms in total. The molecule has 1 aromatic carbocycles. The fourth-order valence-electron chi connectivity index (χ4n) is 2.43. The Kier molecular flexibility index (Phi) is 3.88. The first kappa shape index (κ1) is 13.6. The molecule has 0 amide bonds. The average Bonchev–Trinajstić information content (AvgIpc) is 2.42. The number of aromatic carboxylic acids is 1. The van der Waals surface area contributed by atoms with Crippen LogP contribution in [0.5, 0.6) is 5.75 Å². The summed E-state index contributed by atoms with van der Waals surface area (Å²) in [7, 11) is 0. The van der Waals surface area contributed by atoms with E-state index in [1.807, 2.05) is 0 Å². The summed E-state index contributed by atoms with van der Waals surface area (Å²) in [6.07, 6.45) is 6.43. The van der Waals surface area contributed by atoms with E-state index in [4.69, 9.17) is 9.84 Å². The van der Waals surface area contributed by atoms with Gasteiger partial charge in [-0.1, -0.05) is 13.0 Å². The minimum absolute atomic E-state index is 0.0123. The van der Waals surface area contributed by atoms with Gasteiger partial charge in [0.05, 0.1) is 5.56 Å². The first-order valence-electron chi connectivity index (χ1n) is 6.42. The molecular formula is C15H17FO3. The number of carbonyl (C=O) groups is 1. The predicted molar refractivity (Wildman–Crippen MR) is 70.0 cm³/mol. The predicted octanol–water partition coefficient (Wildman–Crippen LogP) is 3.79. The van der Waals surface area contributed by atoms with Gasteiger partial charge in [-0.15, -0.1) is 0 Å². The van der Waals surface area contributed by atoms with E-state index in [0.717, 1.165) is 38.2 Å². The quantitative estimate of drug-likeness (QED) is 0.841. The van der Waals surface area contributed by atoms with Crippen LogP contribution in [0.25, 0.3) is 0 Å². The zero-order valence-corrected chi connectivity index (χ0v) is 10.7. The molecular weight excluding hydrogens is 247 g/mol. The molecule has 0 spiro atoms. The van der Waals surface area contributed by atoms with Gasteiger partial charge in [0.2, 0.25) is 0 Å². The zero-order valence-electron chi connectivity index (χ0n) is 10.7. The van der Waals surface area contributed by atoms with Crippen LogP contribution in [-0.2, 0) is 0 Å². The second-order valence-electron chi connectivity index (χ2n) is 4.88. The van der Waals surface area contributed by atoms with Crippen molar-refractivity contribution in [3.05, 3.63) is 42.2 Å². The molecule has 0 unspecified atom stereocenters. The molecule has 1 fully saturated rings. The van der Waals surface area contributed by atoms with Crippen molar-refractivity contribution in [2.75, 3.05) is 0 Å². The van der Waals surface area contributed by atoms with Crippen molar-refractivity contribution in [1.29, 1.82) is 0 Å². The number of hydrogen-bond donors (Lipinski definition) is 1. The molecule has 0 aliphatic heterocycles. The van der Waals surface area contributed by atoms with Crippen LogP contribution in [0.3, 0.4) is 0 Å². The summed E-state index contributed by atoms with van der Waals surface area (Å²) in [5.74, 6) is -1.65. The summed E-state index contributed by atoms with van der Waals surface area (Å²) >= 11 is 0. The van der Waals surface area contributed by atoms with Gasteiger partial charge in [0.25, 0.3) is 0 Å². The number of halogens is 1. The molecule has 4 heteroatoms. The SMILES string of the molecule is C=CC1(Oc2cc(C(=O)O)ccc2F)CCCCC1. The zero-order chi connectivity index (χ0) is 13.9. The van der Waals surface area contributed by atoms with Crippen molar-refractivity contribution >= 4 is 5.97 Å². The number of carboxylic acid groups (broad SMARTS) is 1. The second-order valence-corrected chi connectivity index (χ2v) is 4.88. The number of benzene rings is 1. The van der Waals surface area contributed by atoms with Gasteiger partial charge in [0.1, 0.15) is 5.60 Å². The summed E-state index contributed by atoms with van der Waals surface area (Å²) in [6.45, 7) is 3.78. The van der Waals surface area contributed by atoms with Crippen LogP contribution < -0.4 is 4.74 Å². The first-order valence-corrected chi connectivity index (χ1v) is 6.42. The summed E-state index contributed by atoms with van der Waals surface area (Å²) in [6, 6.07) is 3.59. The van der Waals surface area contributed by atoms with Gasteiger partial charge >= 0.3 is 5.97 Å². The molecule has 19 heavy (non-hydrogen) atoms. The maximum Gasteiger partial charge on any atom is 0.335 e. The van der Waals surface area contributed by atoms with Crippen LogP contribution in [0, 0.1) is 5.82 Å². The molecule has 0 atom stereocenters. The Hall–Kier alpha value is -1.84. The Morgan fingerprint density at radius 2 is 2.05 bits per heavy atom. The fourth-order valence-corrected chi connectivity index (χ4v) is 2.43. The average molecular weight is 264 g/mol. The van der Waals surface area contributed by atoms with Crippen molar-refractivity contribution in [3.8, 4) is 5.75 Å². The smallest absolute Gasteiger partial charge is 0.335 e. The number of hydrogen-bond acceptors (Lipinski definition) is 2. The number of rotatable bonds is 4. The molecule has 0 radical (unpaired) electrons. The first-order chi connectivity index (χ1) is 9.06. The van der Waals surface area contributed by atoms with E-state index in [1.165, 1.54) is 12.1 Å². The largest absolute Gasteiger partial charge is 0.480 e. The highest BCUT2D eigenvalue weighted by molar-refractivity contribution is 5.88. The van der Waals surface area contributed by atoms with Crippen LogP contribution in [0.2, 0.25) is 0 Å². The summed E-state index contributed by atoms with van der Waals surface area (Å²) in [5.41, 5.74) is -0.553. The van der Waals surface area contributed by atoms with Crippen LogP contribution in [0.15, 0.2) is 30.9 Å². The monoisotopic (exact) mass is 264 g/mol. The Labute approximate surface area is 111 Å². The molecule has 1 aromatic rings. The molecule has 1 saturated carbocycles. The Morgan fingerprint density at radius 1 is 1.37 bits per heavy atom. The highest BCUT2D eigenvalue weighted by atomic mass is 19.1. The maximum absolute atomic E-state index is 13.7. The molecule has 1 aliphatic rings. The van der Waals surface area contributed by atoms with E-state index in [9.17, 15) is 9.18 Å². The van der Waals surface area contributed by atoms with E-state index < -0.39 is 17.4 Å². The molecule has 1 N–H and O–H groups in total. The van der Waals surface area contributed by atoms with Crippen LogP contribution in [0.4, 0.5) is 4.39 Å². The summed E-state index contributed by atoms with van der Waals surface area (Å²) in [5, 5.41) is 8.93. The lowest BCUT2D eigenvalue weighted by molar-refractivity contribution is 0.0676. The van der Waals surface area contributed by atoms with Gasteiger partial charge < -0.3 is 9.84 Å². The van der Waals surface area contributed by atoms with Crippen molar-refractivity contribution < 1.29 is 19.0 Å². The third kappa shape index (κ3) is 2.95. The number of carboxylic acids is 1. The summed E-state index contributed by atoms with van der Waals surface area (Å²) < 4.78 is 19.5. The van der Waals surface area contributed by atoms with Crippen molar-refractivity contribution in [2.45, 2.75) is 37.7 Å². The van der Waals surface area contributed by atoms with Crippen molar-refractivity contribution in [1.82, 2.24) is 0 Å². The summed E-state index contributed by atoms with van der Waals surface area (Å²) in [4.78, 5) is 10.9. The normalized spacial score (nSPS) is 17.7. The highest BCUT2D eigenvalue weighted by Gasteiger charge is 2.31. The van der Waals surface area contributed by atoms with E-state index in [2.05, 4.69) is 6.58 Å². The number of ether oxygens (including phenoxy) is 1. The van der Waals surface area contributed by atoms with Gasteiger partial charge in [-0.25, -0.2) is 9.18 Å². The van der Waals surface area contributed by atoms with Crippen LogP contribution >= 0.6 is 0 Å². The lowest BCUT2D eigenvalue weighted by atomic mass is 9.84. The molecule has 0 aromatic heterocycles. The second kappa shape index (κ2) is 5.43. The van der Waals surface area contributed by atoms with Gasteiger partial charge in [-0.2, -0.15) is 0 Å². The molecule has 2 rings (SSSR count). The minimum Gasteiger partial charge on any atom is -0.480 e. The van der Waals surface area contributed by atoms with Crippen molar-refractivity contribution in [2.24, 2.45) is 0 Å². The fraction of sp³-hybridized carbons (Fsp3) is 0.400. The van der Waals surface area contributed by atoms with E-state index in [-0.39, 0.29) is 11.3 Å². The van der Waals surface area contributed by atoms with Gasteiger partial charge in [0, 0.05) is 0 Å². The molecule has 102 valence electrons. The maximum atomic E-state index is 13.7. The Bertz CT molecular complexity index is 490. The highest BCUT2D eigenvalue weighted by Crippen LogP contribution is 2.35. The van der Waals surface area contributed by atoms with Gasteiger partial charge in [-0.3, -0.25) is 0 Å². The Balaban J connectivity index is 2.28. The standard InChI is InChI=1S/C15H17FO3/c1-2-15(8-4-3-5-9-15)19-13-10-11(14(17)18)6-7-12(13)16/h2,6-7,10H,1,3-5,8-9H2,(H,17,18). The third-order valence-electron chi connectivity index (χ3n) is 3.56. The van der Waals surface area contributed by atoms with Gasteiger partial charge in [0.15, 0.2) is 11.6 Å². The molecule has 0 saturated heterocycles. The lowest BCUT2D eigenvalue weighted by Crippen LogP contribution is -2.36. The Morgan fingerprint density at radius 3 is 2.63 bits per heavy atom. The van der Waals surface area contributed by atoms with Gasteiger partial charge in [-0.05, 0) is 50.0 Å². The molecule has 1 aliphatic carbocycles. The van der Waals surface area contributed by atoms with Crippen molar-refractivity contribution in [3.63, 3.8) is 0 Å². The minimum atomic E-state index is -1.10. The van der Waals surface area contributed by atoms with E-state index >= 15 is 0 Å². The van der Waals surface area contributed by atoms with E-state index in [0.29, 0.717) is 0 Å². The molecule has 0 bridgehead atoms. The topological polar surface area (TPSA) is 46.5 Å². The lowest BCUT2D eigenvalue weighted by Gasteiger charge is -2.35. The third-order valence-corrected chi connectivity index (χ3v) is 3.56.